The van der Waals surface area contributed by atoms with Gasteiger partial charge in [0.05, 0.1) is 0 Å². The average molecular weight is 450 g/mol. The Labute approximate surface area is 198 Å². The number of rotatable bonds is 5. The lowest BCUT2D eigenvalue weighted by molar-refractivity contribution is 0.342. The summed E-state index contributed by atoms with van der Waals surface area (Å²) in [5.74, 6) is 1.03. The van der Waals surface area contributed by atoms with Crippen LogP contribution in [0.5, 0.6) is 5.75 Å². The molecule has 0 N–H and O–H groups in total. The van der Waals surface area contributed by atoms with Crippen molar-refractivity contribution in [3.8, 4) is 5.75 Å². The number of benzene rings is 4. The zero-order chi connectivity index (χ0) is 22.8. The molecule has 33 heavy (non-hydrogen) atoms. The van der Waals surface area contributed by atoms with Crippen LogP contribution in [-0.4, -0.2) is 12.3 Å². The van der Waals surface area contributed by atoms with Crippen molar-refractivity contribution < 1.29 is 4.74 Å². The fraction of sp³-hybridized carbons (Fsp3) is 0.161. The summed E-state index contributed by atoms with van der Waals surface area (Å²) < 4.78 is 6.40. The molecule has 4 aromatic carbocycles. The highest BCUT2D eigenvalue weighted by Gasteiger charge is 2.51. The van der Waals surface area contributed by atoms with Crippen LogP contribution in [0, 0.1) is 13.8 Å². The molecule has 1 aliphatic heterocycles. The van der Waals surface area contributed by atoms with Crippen molar-refractivity contribution in [2.45, 2.75) is 26.4 Å². The molecular weight excluding hydrogens is 419 g/mol. The SMILES string of the molecule is Cc1cc(C)c2c(c1)C=C(C(C)[P+](c1ccccc1)(c1ccccc1)c1ccccc1)CO2. The Kier molecular flexibility index (Phi) is 5.92. The van der Waals surface area contributed by atoms with E-state index < -0.39 is 7.26 Å². The molecule has 1 nitrogen and oxygen atoms in total. The van der Waals surface area contributed by atoms with Gasteiger partial charge in [-0.15, -0.1) is 0 Å². The zero-order valence-electron chi connectivity index (χ0n) is 19.5. The Balaban J connectivity index is 1.77. The molecule has 0 saturated heterocycles. The lowest BCUT2D eigenvalue weighted by Crippen LogP contribution is -2.39. The number of ether oxygens (including phenoxy) is 1. The summed E-state index contributed by atoms with van der Waals surface area (Å²) in [5.41, 5.74) is 5.34. The molecule has 0 aliphatic carbocycles. The van der Waals surface area contributed by atoms with Crippen molar-refractivity contribution >= 4 is 29.3 Å². The van der Waals surface area contributed by atoms with E-state index in [1.165, 1.54) is 38.2 Å². The molecule has 0 bridgehead atoms. The quantitative estimate of drug-likeness (QED) is 0.318. The Morgan fingerprint density at radius 2 is 1.18 bits per heavy atom. The molecule has 0 radical (unpaired) electrons. The molecule has 1 heterocycles. The van der Waals surface area contributed by atoms with E-state index in [1.807, 2.05) is 0 Å². The van der Waals surface area contributed by atoms with Gasteiger partial charge in [0.25, 0.3) is 0 Å². The van der Waals surface area contributed by atoms with Gasteiger partial charge in [0.1, 0.15) is 41.2 Å². The van der Waals surface area contributed by atoms with Gasteiger partial charge in [0, 0.05) is 11.1 Å². The Hall–Kier alpha value is -3.15. The van der Waals surface area contributed by atoms with Crippen LogP contribution in [0.4, 0.5) is 0 Å². The smallest absolute Gasteiger partial charge is 0.129 e. The Morgan fingerprint density at radius 3 is 1.67 bits per heavy atom. The summed E-state index contributed by atoms with van der Waals surface area (Å²) in [5, 5.41) is 4.21. The maximum absolute atomic E-state index is 6.40. The Morgan fingerprint density at radius 1 is 0.697 bits per heavy atom. The van der Waals surface area contributed by atoms with Crippen LogP contribution in [0.3, 0.4) is 0 Å². The van der Waals surface area contributed by atoms with E-state index in [2.05, 4.69) is 130 Å². The third-order valence-corrected chi connectivity index (χ3v) is 11.6. The summed E-state index contributed by atoms with van der Waals surface area (Å²) in [7, 11) is -2.00. The number of aryl methyl sites for hydroxylation is 2. The molecule has 4 aromatic rings. The second-order valence-electron chi connectivity index (χ2n) is 8.91. The molecule has 1 atom stereocenters. The molecule has 0 fully saturated rings. The second kappa shape index (κ2) is 9.00. The van der Waals surface area contributed by atoms with Crippen molar-refractivity contribution in [3.05, 3.63) is 125 Å². The van der Waals surface area contributed by atoms with Crippen molar-refractivity contribution in [1.29, 1.82) is 0 Å². The third-order valence-electron chi connectivity index (χ3n) is 6.78. The zero-order valence-corrected chi connectivity index (χ0v) is 20.4. The van der Waals surface area contributed by atoms with Crippen LogP contribution >= 0.6 is 7.26 Å². The molecule has 2 heteroatoms. The molecule has 0 saturated carbocycles. The molecule has 1 unspecified atom stereocenters. The van der Waals surface area contributed by atoms with Crippen LogP contribution in [0.1, 0.15) is 23.6 Å². The number of fused-ring (bicyclic) bond motifs is 1. The highest BCUT2D eigenvalue weighted by atomic mass is 31.2. The fourth-order valence-electron chi connectivity index (χ4n) is 5.29. The summed E-state index contributed by atoms with van der Waals surface area (Å²) in [4.78, 5) is 0. The van der Waals surface area contributed by atoms with Gasteiger partial charge in [-0.25, -0.2) is 0 Å². The molecule has 1 aliphatic rings. The summed E-state index contributed by atoms with van der Waals surface area (Å²) in [6.45, 7) is 7.34. The van der Waals surface area contributed by atoms with E-state index in [-0.39, 0.29) is 0 Å². The van der Waals surface area contributed by atoms with Crippen molar-refractivity contribution in [2.75, 3.05) is 6.61 Å². The predicted molar refractivity (Wildman–Crippen MR) is 144 cm³/mol. The minimum atomic E-state index is -2.00. The second-order valence-corrected chi connectivity index (χ2v) is 12.7. The summed E-state index contributed by atoms with van der Waals surface area (Å²) in [6.07, 6.45) is 2.40. The summed E-state index contributed by atoms with van der Waals surface area (Å²) in [6, 6.07) is 37.8. The van der Waals surface area contributed by atoms with Gasteiger partial charge < -0.3 is 4.74 Å². The highest BCUT2D eigenvalue weighted by molar-refractivity contribution is 7.96. The van der Waals surface area contributed by atoms with E-state index in [1.54, 1.807) is 0 Å². The molecule has 164 valence electrons. The first-order valence-corrected chi connectivity index (χ1v) is 13.5. The first-order chi connectivity index (χ1) is 16.1. The van der Waals surface area contributed by atoms with Gasteiger partial charge in [-0.3, -0.25) is 0 Å². The largest absolute Gasteiger partial charge is 0.488 e. The number of hydrogen-bond donors (Lipinski definition) is 0. The average Bonchev–Trinajstić information content (AvgIpc) is 2.86. The molecule has 5 rings (SSSR count). The topological polar surface area (TPSA) is 9.23 Å². The lowest BCUT2D eigenvalue weighted by atomic mass is 10.0. The third kappa shape index (κ3) is 3.81. The standard InChI is InChI=1S/C31H30OP/c1-23-19-24(2)31-26(20-23)21-27(22-32-31)25(3)33(28-13-7-4-8-14-28,29-15-9-5-10-16-29)30-17-11-6-12-18-30/h4-21,25H,22H2,1-3H3/q+1. The molecule has 0 aromatic heterocycles. The van der Waals surface area contributed by atoms with Crippen LogP contribution in [0.25, 0.3) is 6.08 Å². The van der Waals surface area contributed by atoms with Gasteiger partial charge in [0.2, 0.25) is 0 Å². The summed E-state index contributed by atoms with van der Waals surface area (Å²) >= 11 is 0. The fourth-order valence-corrected chi connectivity index (χ4v) is 10.1. The van der Waals surface area contributed by atoms with Crippen LogP contribution in [0.2, 0.25) is 0 Å². The first-order valence-electron chi connectivity index (χ1n) is 11.6. The van der Waals surface area contributed by atoms with Gasteiger partial charge >= 0.3 is 0 Å². The van der Waals surface area contributed by atoms with Crippen molar-refractivity contribution in [3.63, 3.8) is 0 Å². The normalized spacial score (nSPS) is 14.1. The van der Waals surface area contributed by atoms with Gasteiger partial charge in [0.15, 0.2) is 0 Å². The number of hydrogen-bond acceptors (Lipinski definition) is 1. The maximum Gasteiger partial charge on any atom is 0.129 e. The van der Waals surface area contributed by atoms with E-state index in [4.69, 9.17) is 4.74 Å². The Bertz CT molecular complexity index is 1180. The van der Waals surface area contributed by atoms with E-state index in [9.17, 15) is 0 Å². The van der Waals surface area contributed by atoms with Crippen LogP contribution in [0.15, 0.2) is 109 Å². The molecular formula is C31H30OP+. The minimum absolute atomic E-state index is 0.290. The van der Waals surface area contributed by atoms with Gasteiger partial charge in [-0.1, -0.05) is 66.2 Å². The maximum atomic E-state index is 6.40. The first kappa shape index (κ1) is 21.7. The highest BCUT2D eigenvalue weighted by Crippen LogP contribution is 2.62. The van der Waals surface area contributed by atoms with Crippen LogP contribution < -0.4 is 20.7 Å². The van der Waals surface area contributed by atoms with Crippen molar-refractivity contribution in [2.24, 2.45) is 0 Å². The van der Waals surface area contributed by atoms with Gasteiger partial charge in [-0.05, 0) is 74.9 Å². The predicted octanol–water partition coefficient (Wildman–Crippen LogP) is 6.46. The van der Waals surface area contributed by atoms with Crippen molar-refractivity contribution in [1.82, 2.24) is 0 Å². The van der Waals surface area contributed by atoms with Crippen LogP contribution in [-0.2, 0) is 0 Å². The van der Waals surface area contributed by atoms with E-state index >= 15 is 0 Å². The minimum Gasteiger partial charge on any atom is -0.488 e. The van der Waals surface area contributed by atoms with E-state index in [0.717, 1.165) is 5.75 Å². The molecule has 0 amide bonds. The van der Waals surface area contributed by atoms with Gasteiger partial charge in [-0.2, -0.15) is 0 Å². The molecule has 0 spiro atoms. The lowest BCUT2D eigenvalue weighted by Gasteiger charge is -2.35. The monoisotopic (exact) mass is 449 g/mol. The van der Waals surface area contributed by atoms with E-state index in [0.29, 0.717) is 12.3 Å².